The maximum absolute atomic E-state index is 13.6. The molecule has 3 aromatic carbocycles. The summed E-state index contributed by atoms with van der Waals surface area (Å²) in [7, 11) is -4.97. The van der Waals surface area contributed by atoms with Gasteiger partial charge in [-0.25, -0.2) is 4.89 Å². The first-order chi connectivity index (χ1) is 17.0. The SMILES string of the molecule is C.Cc1cc(C(F)(F)F)cc([P+](O)(c2cc(C)cc(C(F)(F)F)c2)c2cc(C(F)(F)F)cc(C(F)(F)F)c2)c1. The molecule has 0 spiro atoms. The molecule has 3 aromatic rings. The Hall–Kier alpha value is -2.79. The average molecular weight is 595 g/mol. The van der Waals surface area contributed by atoms with Gasteiger partial charge in [-0.2, -0.15) is 52.7 Å². The van der Waals surface area contributed by atoms with Crippen molar-refractivity contribution in [3.63, 3.8) is 0 Å². The van der Waals surface area contributed by atoms with E-state index < -0.39 is 70.4 Å². The third-order valence-corrected chi connectivity index (χ3v) is 8.49. The summed E-state index contributed by atoms with van der Waals surface area (Å²) in [6, 6.07) is 3.55. The topological polar surface area (TPSA) is 20.2 Å². The molecule has 3 rings (SSSR count). The summed E-state index contributed by atoms with van der Waals surface area (Å²) < 4.78 is 163. The van der Waals surface area contributed by atoms with Crippen LogP contribution in [0.25, 0.3) is 0 Å². The number of hydrogen-bond acceptors (Lipinski definition) is 1. The summed E-state index contributed by atoms with van der Waals surface area (Å²) >= 11 is 0. The van der Waals surface area contributed by atoms with E-state index in [0.29, 0.717) is 24.3 Å². The van der Waals surface area contributed by atoms with E-state index in [2.05, 4.69) is 0 Å². The molecule has 214 valence electrons. The molecule has 1 N–H and O–H groups in total. The van der Waals surface area contributed by atoms with E-state index in [-0.39, 0.29) is 36.8 Å². The smallest absolute Gasteiger partial charge is 0.235 e. The van der Waals surface area contributed by atoms with Crippen LogP contribution < -0.4 is 15.9 Å². The van der Waals surface area contributed by atoms with Gasteiger partial charge >= 0.3 is 24.7 Å². The Morgan fingerprint density at radius 3 is 0.923 bits per heavy atom. The minimum absolute atomic E-state index is 0. The first-order valence-corrected chi connectivity index (χ1v) is 12.1. The standard InChI is InChI=1S/C24H16F12OP.CH4/c1-12-3-14(21(25,26)27)8-18(5-12)38(37,19-6-13(2)4-15(9-19)22(28,29)30)20-10-16(23(31,32)33)7-17(11-20)24(34,35)36;/h3-11,37H,1-2H3;1H4/q+1;. The molecule has 0 aromatic heterocycles. The maximum Gasteiger partial charge on any atom is 0.416 e. The molecular formula is C25H20F12OP+. The first-order valence-electron chi connectivity index (χ1n) is 10.3. The van der Waals surface area contributed by atoms with Gasteiger partial charge < -0.3 is 0 Å². The third kappa shape index (κ3) is 6.87. The number of hydrogen-bond donors (Lipinski definition) is 1. The predicted molar refractivity (Wildman–Crippen MR) is 124 cm³/mol. The van der Waals surface area contributed by atoms with Gasteiger partial charge in [-0.1, -0.05) is 7.43 Å². The summed E-state index contributed by atoms with van der Waals surface area (Å²) in [6.07, 6.45) is -20.9. The summed E-state index contributed by atoms with van der Waals surface area (Å²) in [6.45, 7) is 2.24. The van der Waals surface area contributed by atoms with Gasteiger partial charge in [0.05, 0.1) is 22.3 Å². The summed E-state index contributed by atoms with van der Waals surface area (Å²) in [5.41, 5.74) is -6.99. The lowest BCUT2D eigenvalue weighted by Gasteiger charge is -2.24. The fourth-order valence-electron chi connectivity index (χ4n) is 3.80. The normalized spacial score (nSPS) is 13.3. The summed E-state index contributed by atoms with van der Waals surface area (Å²) in [5, 5.41) is -2.69. The fraction of sp³-hybridized carbons (Fsp3) is 0.280. The second-order valence-corrected chi connectivity index (χ2v) is 11.3. The highest BCUT2D eigenvalue weighted by Crippen LogP contribution is 2.54. The monoisotopic (exact) mass is 595 g/mol. The summed E-state index contributed by atoms with van der Waals surface area (Å²) in [4.78, 5) is 11.9. The van der Waals surface area contributed by atoms with Gasteiger partial charge in [0.1, 0.15) is 15.9 Å². The Kier molecular flexibility index (Phi) is 8.57. The number of benzene rings is 3. The highest BCUT2D eigenvalue weighted by Gasteiger charge is 2.50. The van der Waals surface area contributed by atoms with Gasteiger partial charge in [-0.05, 0) is 79.6 Å². The van der Waals surface area contributed by atoms with Crippen LogP contribution in [-0.2, 0) is 24.7 Å². The van der Waals surface area contributed by atoms with E-state index in [9.17, 15) is 57.6 Å². The molecule has 0 saturated heterocycles. The molecule has 0 bridgehead atoms. The van der Waals surface area contributed by atoms with Crippen molar-refractivity contribution in [2.24, 2.45) is 0 Å². The first kappa shape index (κ1) is 32.4. The molecule has 0 fully saturated rings. The van der Waals surface area contributed by atoms with Crippen molar-refractivity contribution in [2.75, 3.05) is 0 Å². The Balaban J connectivity index is 0.00000533. The summed E-state index contributed by atoms with van der Waals surface area (Å²) in [5.74, 6) is 0. The van der Waals surface area contributed by atoms with E-state index in [4.69, 9.17) is 0 Å². The molecular weight excluding hydrogens is 575 g/mol. The van der Waals surface area contributed by atoms with Gasteiger partial charge in [0, 0.05) is 0 Å². The zero-order chi connectivity index (χ0) is 29.1. The van der Waals surface area contributed by atoms with Crippen molar-refractivity contribution >= 4 is 23.4 Å². The molecule has 1 nitrogen and oxygen atoms in total. The second-order valence-electron chi connectivity index (χ2n) is 8.51. The van der Waals surface area contributed by atoms with Crippen LogP contribution in [0, 0.1) is 13.8 Å². The van der Waals surface area contributed by atoms with Crippen LogP contribution in [-0.4, -0.2) is 4.89 Å². The van der Waals surface area contributed by atoms with Crippen LogP contribution in [0.15, 0.2) is 54.6 Å². The number of halogens is 12. The predicted octanol–water partition coefficient (Wildman–Crippen LogP) is 8.22. The zero-order valence-corrected chi connectivity index (χ0v) is 20.0. The van der Waals surface area contributed by atoms with Crippen LogP contribution in [0.4, 0.5) is 52.7 Å². The molecule has 0 unspecified atom stereocenters. The second kappa shape index (κ2) is 10.3. The lowest BCUT2D eigenvalue weighted by atomic mass is 10.1. The Bertz CT molecular complexity index is 1260. The third-order valence-electron chi connectivity index (χ3n) is 5.47. The highest BCUT2D eigenvalue weighted by molar-refractivity contribution is 7.91. The Morgan fingerprint density at radius 1 is 0.436 bits per heavy atom. The van der Waals surface area contributed by atoms with Crippen LogP contribution in [0.3, 0.4) is 0 Å². The van der Waals surface area contributed by atoms with Crippen LogP contribution >= 0.6 is 7.49 Å². The van der Waals surface area contributed by atoms with Gasteiger partial charge in [0.2, 0.25) is 7.49 Å². The van der Waals surface area contributed by atoms with E-state index in [1.165, 1.54) is 0 Å². The van der Waals surface area contributed by atoms with E-state index in [1.807, 2.05) is 0 Å². The molecule has 0 radical (unpaired) electrons. The van der Waals surface area contributed by atoms with Crippen molar-refractivity contribution in [1.82, 2.24) is 0 Å². The van der Waals surface area contributed by atoms with E-state index in [1.54, 1.807) is 0 Å². The molecule has 0 aliphatic rings. The minimum Gasteiger partial charge on any atom is -0.235 e. The van der Waals surface area contributed by atoms with Crippen LogP contribution in [0.1, 0.15) is 40.8 Å². The van der Waals surface area contributed by atoms with Crippen molar-refractivity contribution in [3.8, 4) is 0 Å². The van der Waals surface area contributed by atoms with Crippen LogP contribution in [0.5, 0.6) is 0 Å². The van der Waals surface area contributed by atoms with Crippen LogP contribution in [0.2, 0.25) is 0 Å². The van der Waals surface area contributed by atoms with E-state index in [0.717, 1.165) is 26.0 Å². The highest BCUT2D eigenvalue weighted by atomic mass is 31.2. The average Bonchev–Trinajstić information content (AvgIpc) is 2.75. The fourth-order valence-corrected chi connectivity index (χ4v) is 6.78. The molecule has 0 saturated carbocycles. The van der Waals surface area contributed by atoms with Crippen molar-refractivity contribution in [1.29, 1.82) is 0 Å². The quantitative estimate of drug-likeness (QED) is 0.239. The van der Waals surface area contributed by atoms with Crippen molar-refractivity contribution < 1.29 is 57.6 Å². The maximum atomic E-state index is 13.6. The van der Waals surface area contributed by atoms with E-state index >= 15 is 0 Å². The van der Waals surface area contributed by atoms with Gasteiger partial charge in [0.15, 0.2) is 0 Å². The minimum atomic E-state index is -5.39. The molecule has 39 heavy (non-hydrogen) atoms. The number of aryl methyl sites for hydroxylation is 2. The van der Waals surface area contributed by atoms with Gasteiger partial charge in [0.25, 0.3) is 0 Å². The molecule has 0 atom stereocenters. The largest absolute Gasteiger partial charge is 0.416 e. The molecule has 0 aliphatic heterocycles. The van der Waals surface area contributed by atoms with Crippen molar-refractivity contribution in [3.05, 3.63) is 88.0 Å². The van der Waals surface area contributed by atoms with Gasteiger partial charge in [-0.15, -0.1) is 0 Å². The zero-order valence-electron chi connectivity index (χ0n) is 19.1. The number of rotatable bonds is 3. The Labute approximate surface area is 215 Å². The number of alkyl halides is 12. The molecule has 14 heteroatoms. The lowest BCUT2D eigenvalue weighted by molar-refractivity contribution is -0.143. The molecule has 0 amide bonds. The van der Waals surface area contributed by atoms with Gasteiger partial charge in [-0.3, -0.25) is 0 Å². The van der Waals surface area contributed by atoms with Crippen molar-refractivity contribution in [2.45, 2.75) is 46.0 Å². The molecule has 0 heterocycles. The Morgan fingerprint density at radius 2 is 0.667 bits per heavy atom. The lowest BCUT2D eigenvalue weighted by Crippen LogP contribution is -2.34. The molecule has 0 aliphatic carbocycles.